The highest BCUT2D eigenvalue weighted by Gasteiger charge is 2.10. The van der Waals surface area contributed by atoms with Gasteiger partial charge in [0, 0.05) is 13.6 Å². The molecule has 1 atom stereocenters. The Hall–Kier alpha value is -2.60. The van der Waals surface area contributed by atoms with Gasteiger partial charge >= 0.3 is 0 Å². The Morgan fingerprint density at radius 2 is 1.88 bits per heavy atom. The molecule has 140 valence electrons. The zero-order chi connectivity index (χ0) is 18.8. The molecule has 0 aromatic heterocycles. The molecule has 0 aliphatic rings. The van der Waals surface area contributed by atoms with Gasteiger partial charge in [0.1, 0.15) is 18.2 Å². The Morgan fingerprint density at radius 3 is 2.54 bits per heavy atom. The number of likely N-dealkylation sites (N-methyl/N-ethyl adjacent to an activating group) is 1. The number of aliphatic hydroxyl groups excluding tert-OH is 1. The van der Waals surface area contributed by atoms with E-state index in [0.29, 0.717) is 24.7 Å². The number of ether oxygens (including phenoxy) is 1. The number of benzene rings is 2. The zero-order valence-corrected chi connectivity index (χ0v) is 15.2. The number of rotatable bonds is 8. The molecule has 0 fully saturated rings. The van der Waals surface area contributed by atoms with Crippen molar-refractivity contribution in [1.82, 2.24) is 10.2 Å². The number of guanidine groups is 1. The number of hydrogen-bond donors (Lipinski definition) is 2. The van der Waals surface area contributed by atoms with Gasteiger partial charge in [-0.25, -0.2) is 4.39 Å². The molecule has 2 rings (SSSR count). The molecule has 0 saturated carbocycles. The Morgan fingerprint density at radius 1 is 1.19 bits per heavy atom. The lowest BCUT2D eigenvalue weighted by molar-refractivity contribution is 0.186. The average Bonchev–Trinajstić information content (AvgIpc) is 2.66. The molecule has 0 aliphatic heterocycles. The topological polar surface area (TPSA) is 57.1 Å². The maximum absolute atomic E-state index is 13.0. The van der Waals surface area contributed by atoms with Crippen LogP contribution in [0.3, 0.4) is 0 Å². The van der Waals surface area contributed by atoms with Gasteiger partial charge in [0.15, 0.2) is 5.96 Å². The van der Waals surface area contributed by atoms with Gasteiger partial charge in [0.2, 0.25) is 0 Å². The minimum atomic E-state index is -0.779. The smallest absolute Gasteiger partial charge is 0.193 e. The van der Waals surface area contributed by atoms with E-state index in [1.807, 2.05) is 49.2 Å². The molecule has 26 heavy (non-hydrogen) atoms. The zero-order valence-electron chi connectivity index (χ0n) is 15.2. The SMILES string of the molecule is CCNC(=NCC(O)c1ccc(F)cc1)N(C)CCOc1ccccc1. The van der Waals surface area contributed by atoms with Crippen LogP contribution in [0.15, 0.2) is 59.6 Å². The molecular weight excluding hydrogens is 333 g/mol. The van der Waals surface area contributed by atoms with Crippen molar-refractivity contribution < 1.29 is 14.2 Å². The van der Waals surface area contributed by atoms with Crippen molar-refractivity contribution in [2.75, 3.05) is 33.3 Å². The number of nitrogens with zero attached hydrogens (tertiary/aromatic N) is 2. The minimum Gasteiger partial charge on any atom is -0.492 e. The lowest BCUT2D eigenvalue weighted by atomic mass is 10.1. The van der Waals surface area contributed by atoms with Crippen LogP contribution in [0.1, 0.15) is 18.6 Å². The van der Waals surface area contributed by atoms with Gasteiger partial charge in [0.05, 0.1) is 19.2 Å². The van der Waals surface area contributed by atoms with E-state index in [2.05, 4.69) is 10.3 Å². The third-order valence-electron chi connectivity index (χ3n) is 3.80. The van der Waals surface area contributed by atoms with E-state index in [-0.39, 0.29) is 12.4 Å². The van der Waals surface area contributed by atoms with Gasteiger partial charge in [-0.1, -0.05) is 30.3 Å². The maximum Gasteiger partial charge on any atom is 0.193 e. The second-order valence-electron chi connectivity index (χ2n) is 5.85. The summed E-state index contributed by atoms with van der Waals surface area (Å²) in [5.74, 6) is 1.19. The van der Waals surface area contributed by atoms with Crippen LogP contribution in [0.4, 0.5) is 4.39 Å². The van der Waals surface area contributed by atoms with Crippen LogP contribution in [0.5, 0.6) is 5.75 Å². The van der Waals surface area contributed by atoms with Gasteiger partial charge in [-0.15, -0.1) is 0 Å². The second kappa shape index (κ2) is 10.4. The predicted molar refractivity (Wildman–Crippen MR) is 102 cm³/mol. The predicted octanol–water partition coefficient (Wildman–Crippen LogP) is 2.84. The quantitative estimate of drug-likeness (QED) is 0.562. The van der Waals surface area contributed by atoms with E-state index >= 15 is 0 Å². The van der Waals surface area contributed by atoms with Crippen molar-refractivity contribution >= 4 is 5.96 Å². The van der Waals surface area contributed by atoms with E-state index in [1.54, 1.807) is 12.1 Å². The van der Waals surface area contributed by atoms with Crippen LogP contribution in [0, 0.1) is 5.82 Å². The van der Waals surface area contributed by atoms with E-state index in [4.69, 9.17) is 4.74 Å². The van der Waals surface area contributed by atoms with Crippen molar-refractivity contribution in [2.45, 2.75) is 13.0 Å². The standard InChI is InChI=1S/C20H26FN3O2/c1-3-22-20(23-15-19(25)16-9-11-17(21)12-10-16)24(2)13-14-26-18-7-5-4-6-8-18/h4-12,19,25H,3,13-15H2,1-2H3,(H,22,23). The highest BCUT2D eigenvalue weighted by atomic mass is 19.1. The highest BCUT2D eigenvalue weighted by Crippen LogP contribution is 2.14. The molecule has 2 N–H and O–H groups in total. The van der Waals surface area contributed by atoms with Crippen LogP contribution >= 0.6 is 0 Å². The van der Waals surface area contributed by atoms with Crippen molar-refractivity contribution in [1.29, 1.82) is 0 Å². The molecule has 0 aliphatic carbocycles. The third-order valence-corrected chi connectivity index (χ3v) is 3.80. The molecule has 6 heteroatoms. The third kappa shape index (κ3) is 6.37. The van der Waals surface area contributed by atoms with E-state index in [9.17, 15) is 9.50 Å². The summed E-state index contributed by atoms with van der Waals surface area (Å²) in [6.07, 6.45) is -0.779. The molecule has 0 radical (unpaired) electrons. The first-order valence-corrected chi connectivity index (χ1v) is 8.71. The van der Waals surface area contributed by atoms with E-state index in [1.165, 1.54) is 12.1 Å². The number of aliphatic imine (C=N–C) groups is 1. The average molecular weight is 359 g/mol. The van der Waals surface area contributed by atoms with Crippen molar-refractivity contribution in [3.05, 3.63) is 66.0 Å². The highest BCUT2D eigenvalue weighted by molar-refractivity contribution is 5.79. The van der Waals surface area contributed by atoms with Gasteiger partial charge in [-0.3, -0.25) is 4.99 Å². The van der Waals surface area contributed by atoms with Gasteiger partial charge in [0.25, 0.3) is 0 Å². The van der Waals surface area contributed by atoms with Gasteiger partial charge in [-0.05, 0) is 36.8 Å². The fourth-order valence-electron chi connectivity index (χ4n) is 2.36. The molecule has 0 saturated heterocycles. The molecule has 0 bridgehead atoms. The van der Waals surface area contributed by atoms with Crippen LogP contribution in [0.2, 0.25) is 0 Å². The molecular formula is C20H26FN3O2. The number of hydrogen-bond acceptors (Lipinski definition) is 3. The number of halogens is 1. The Bertz CT molecular complexity index is 677. The first kappa shape index (κ1) is 19.7. The monoisotopic (exact) mass is 359 g/mol. The molecule has 0 spiro atoms. The summed E-state index contributed by atoms with van der Waals surface area (Å²) in [7, 11) is 1.92. The summed E-state index contributed by atoms with van der Waals surface area (Å²) in [6, 6.07) is 15.4. The van der Waals surface area contributed by atoms with Gasteiger partial charge < -0.3 is 20.1 Å². The summed E-state index contributed by atoms with van der Waals surface area (Å²) in [5.41, 5.74) is 0.640. The summed E-state index contributed by atoms with van der Waals surface area (Å²) in [6.45, 7) is 4.06. The summed E-state index contributed by atoms with van der Waals surface area (Å²) < 4.78 is 18.7. The Labute approximate surface area is 154 Å². The van der Waals surface area contributed by atoms with Crippen molar-refractivity contribution in [3.8, 4) is 5.75 Å². The van der Waals surface area contributed by atoms with Crippen LogP contribution in [0.25, 0.3) is 0 Å². The second-order valence-corrected chi connectivity index (χ2v) is 5.85. The fraction of sp³-hybridized carbons (Fsp3) is 0.350. The van der Waals surface area contributed by atoms with Gasteiger partial charge in [-0.2, -0.15) is 0 Å². The molecule has 2 aromatic rings. The summed E-state index contributed by atoms with van der Waals surface area (Å²) >= 11 is 0. The first-order valence-electron chi connectivity index (χ1n) is 8.71. The van der Waals surface area contributed by atoms with Crippen molar-refractivity contribution in [2.24, 2.45) is 4.99 Å². The van der Waals surface area contributed by atoms with E-state index < -0.39 is 6.10 Å². The number of para-hydroxylation sites is 1. The van der Waals surface area contributed by atoms with E-state index in [0.717, 1.165) is 12.3 Å². The Balaban J connectivity index is 1.88. The summed E-state index contributed by atoms with van der Waals surface area (Å²) in [5, 5.41) is 13.4. The summed E-state index contributed by atoms with van der Waals surface area (Å²) in [4.78, 5) is 6.42. The molecule has 5 nitrogen and oxygen atoms in total. The lowest BCUT2D eigenvalue weighted by Gasteiger charge is -2.22. The molecule has 1 unspecified atom stereocenters. The van der Waals surface area contributed by atoms with Crippen LogP contribution < -0.4 is 10.1 Å². The molecule has 0 amide bonds. The first-order chi connectivity index (χ1) is 12.6. The molecule has 0 heterocycles. The number of nitrogens with one attached hydrogen (secondary N) is 1. The molecule has 2 aromatic carbocycles. The van der Waals surface area contributed by atoms with Crippen LogP contribution in [-0.4, -0.2) is 49.3 Å². The van der Waals surface area contributed by atoms with Crippen LogP contribution in [-0.2, 0) is 0 Å². The largest absolute Gasteiger partial charge is 0.492 e. The normalized spacial score (nSPS) is 12.5. The fourth-order valence-corrected chi connectivity index (χ4v) is 2.36. The lowest BCUT2D eigenvalue weighted by Crippen LogP contribution is -2.41. The number of aliphatic hydroxyl groups is 1. The minimum absolute atomic E-state index is 0.192. The van der Waals surface area contributed by atoms with Crippen molar-refractivity contribution in [3.63, 3.8) is 0 Å². The Kier molecular flexibility index (Phi) is 7.89. The maximum atomic E-state index is 13.0.